The Morgan fingerprint density at radius 2 is 1.78 bits per heavy atom. The van der Waals surface area contributed by atoms with Gasteiger partial charge in [-0.1, -0.05) is 43.3 Å². The standard InChI is InChI=1S/C22H28N2O2.ClH/c1-17(18-11-13-23-14-12-18)15-22(25)24-21-10-6-5-7-19(21)16-26-20-8-3-2-4-9-20;/h2-10,17-18,23H,11-16H2,1H3,(H,24,25);1H. The molecule has 1 unspecified atom stereocenters. The Balaban J connectivity index is 0.00000261. The Kier molecular flexibility index (Phi) is 8.62. The molecule has 1 fully saturated rings. The largest absolute Gasteiger partial charge is 0.489 e. The van der Waals surface area contributed by atoms with Crippen molar-refractivity contribution in [2.45, 2.75) is 32.8 Å². The highest BCUT2D eigenvalue weighted by atomic mass is 35.5. The van der Waals surface area contributed by atoms with Gasteiger partial charge in [0.15, 0.2) is 0 Å². The maximum Gasteiger partial charge on any atom is 0.224 e. The van der Waals surface area contributed by atoms with Gasteiger partial charge in [0.2, 0.25) is 5.91 Å². The van der Waals surface area contributed by atoms with Crippen molar-refractivity contribution in [2.75, 3.05) is 18.4 Å². The summed E-state index contributed by atoms with van der Waals surface area (Å²) in [6, 6.07) is 17.6. The van der Waals surface area contributed by atoms with Crippen LogP contribution in [0.5, 0.6) is 5.75 Å². The lowest BCUT2D eigenvalue weighted by Gasteiger charge is -2.28. The fourth-order valence-corrected chi connectivity index (χ4v) is 3.52. The highest BCUT2D eigenvalue weighted by Gasteiger charge is 2.22. The zero-order chi connectivity index (χ0) is 18.2. The Bertz CT molecular complexity index is 702. The molecule has 0 spiro atoms. The molecule has 1 aliphatic heterocycles. The van der Waals surface area contributed by atoms with Crippen molar-refractivity contribution >= 4 is 24.0 Å². The van der Waals surface area contributed by atoms with Crippen LogP contribution in [0.4, 0.5) is 5.69 Å². The zero-order valence-electron chi connectivity index (χ0n) is 15.8. The Morgan fingerprint density at radius 1 is 1.11 bits per heavy atom. The number of halogens is 1. The second-order valence-electron chi connectivity index (χ2n) is 7.08. The summed E-state index contributed by atoms with van der Waals surface area (Å²) in [5.74, 6) is 1.96. The van der Waals surface area contributed by atoms with E-state index in [2.05, 4.69) is 17.6 Å². The molecule has 1 atom stereocenters. The normalized spacial score (nSPS) is 15.4. The number of rotatable bonds is 7. The first-order valence-electron chi connectivity index (χ1n) is 9.48. The highest BCUT2D eigenvalue weighted by molar-refractivity contribution is 5.91. The first kappa shape index (κ1) is 21.3. The third kappa shape index (κ3) is 6.56. The number of ether oxygens (including phenoxy) is 1. The van der Waals surface area contributed by atoms with Crippen LogP contribution in [0.3, 0.4) is 0 Å². The van der Waals surface area contributed by atoms with E-state index in [0.29, 0.717) is 24.9 Å². The van der Waals surface area contributed by atoms with E-state index in [-0.39, 0.29) is 18.3 Å². The summed E-state index contributed by atoms with van der Waals surface area (Å²) in [4.78, 5) is 12.5. The number of amides is 1. The number of carbonyl (C=O) groups is 1. The third-order valence-corrected chi connectivity index (χ3v) is 5.12. The molecule has 0 aliphatic carbocycles. The summed E-state index contributed by atoms with van der Waals surface area (Å²) in [5.41, 5.74) is 1.82. The van der Waals surface area contributed by atoms with Crippen LogP contribution in [0.1, 0.15) is 31.7 Å². The number of nitrogens with one attached hydrogen (secondary N) is 2. The van der Waals surface area contributed by atoms with Gasteiger partial charge in [-0.3, -0.25) is 4.79 Å². The van der Waals surface area contributed by atoms with Gasteiger partial charge in [-0.2, -0.15) is 0 Å². The number of hydrogen-bond acceptors (Lipinski definition) is 3. The SMILES string of the molecule is CC(CC(=O)Nc1ccccc1COc1ccccc1)C1CCNCC1.Cl. The average Bonchev–Trinajstić information content (AvgIpc) is 2.68. The molecule has 2 N–H and O–H groups in total. The van der Waals surface area contributed by atoms with Gasteiger partial charge < -0.3 is 15.4 Å². The number of para-hydroxylation sites is 2. The lowest BCUT2D eigenvalue weighted by atomic mass is 9.84. The molecule has 3 rings (SSSR count). The summed E-state index contributed by atoms with van der Waals surface area (Å²) in [5, 5.41) is 6.47. The van der Waals surface area contributed by atoms with Crippen molar-refractivity contribution in [1.82, 2.24) is 5.32 Å². The van der Waals surface area contributed by atoms with Crippen LogP contribution in [0, 0.1) is 11.8 Å². The fourth-order valence-electron chi connectivity index (χ4n) is 3.52. The van der Waals surface area contributed by atoms with Crippen molar-refractivity contribution in [3.8, 4) is 5.75 Å². The third-order valence-electron chi connectivity index (χ3n) is 5.12. The van der Waals surface area contributed by atoms with Crippen LogP contribution in [0.25, 0.3) is 0 Å². The molecule has 5 heteroatoms. The smallest absolute Gasteiger partial charge is 0.224 e. The second-order valence-corrected chi connectivity index (χ2v) is 7.08. The van der Waals surface area contributed by atoms with E-state index in [9.17, 15) is 4.79 Å². The molecule has 0 aromatic heterocycles. The number of carbonyl (C=O) groups excluding carboxylic acids is 1. The fraction of sp³-hybridized carbons (Fsp3) is 0.409. The lowest BCUT2D eigenvalue weighted by molar-refractivity contribution is -0.117. The molecule has 1 aliphatic rings. The van der Waals surface area contributed by atoms with Gasteiger partial charge in [0.25, 0.3) is 0 Å². The van der Waals surface area contributed by atoms with Gasteiger partial charge in [-0.25, -0.2) is 0 Å². The van der Waals surface area contributed by atoms with Crippen molar-refractivity contribution in [3.05, 3.63) is 60.2 Å². The van der Waals surface area contributed by atoms with Gasteiger partial charge in [0.1, 0.15) is 12.4 Å². The van der Waals surface area contributed by atoms with Gasteiger partial charge >= 0.3 is 0 Å². The minimum atomic E-state index is 0. The number of piperidine rings is 1. The summed E-state index contributed by atoms with van der Waals surface area (Å²) in [6.45, 7) is 4.76. The Hall–Kier alpha value is -2.04. The average molecular weight is 389 g/mol. The maximum absolute atomic E-state index is 12.5. The van der Waals surface area contributed by atoms with Crippen LogP contribution in [-0.2, 0) is 11.4 Å². The molecule has 2 aromatic rings. The quantitative estimate of drug-likeness (QED) is 0.725. The molecule has 1 heterocycles. The van der Waals surface area contributed by atoms with Gasteiger partial charge in [0, 0.05) is 17.7 Å². The van der Waals surface area contributed by atoms with E-state index in [4.69, 9.17) is 4.74 Å². The van der Waals surface area contributed by atoms with Crippen molar-refractivity contribution in [3.63, 3.8) is 0 Å². The number of benzene rings is 2. The van der Waals surface area contributed by atoms with Crippen LogP contribution in [0.2, 0.25) is 0 Å². The van der Waals surface area contributed by atoms with Crippen LogP contribution in [0.15, 0.2) is 54.6 Å². The zero-order valence-corrected chi connectivity index (χ0v) is 16.6. The van der Waals surface area contributed by atoms with E-state index < -0.39 is 0 Å². The summed E-state index contributed by atoms with van der Waals surface area (Å²) < 4.78 is 5.83. The van der Waals surface area contributed by atoms with Crippen molar-refractivity contribution in [2.24, 2.45) is 11.8 Å². The van der Waals surface area contributed by atoms with E-state index in [1.807, 2.05) is 54.6 Å². The van der Waals surface area contributed by atoms with Crippen molar-refractivity contribution < 1.29 is 9.53 Å². The van der Waals surface area contributed by atoms with E-state index in [1.54, 1.807) is 0 Å². The molecule has 2 aromatic carbocycles. The molecule has 146 valence electrons. The molecular weight excluding hydrogens is 360 g/mol. The summed E-state index contributed by atoms with van der Waals surface area (Å²) >= 11 is 0. The van der Waals surface area contributed by atoms with Crippen molar-refractivity contribution in [1.29, 1.82) is 0 Å². The second kappa shape index (κ2) is 11.0. The first-order chi connectivity index (χ1) is 12.7. The first-order valence-corrected chi connectivity index (χ1v) is 9.48. The predicted octanol–water partition coefficient (Wildman–Crippen LogP) is 4.65. The highest BCUT2D eigenvalue weighted by Crippen LogP contribution is 2.25. The van der Waals surface area contributed by atoms with Crippen LogP contribution < -0.4 is 15.4 Å². The topological polar surface area (TPSA) is 50.4 Å². The molecular formula is C22H29ClN2O2. The molecule has 0 radical (unpaired) electrons. The molecule has 27 heavy (non-hydrogen) atoms. The summed E-state index contributed by atoms with van der Waals surface area (Å²) in [7, 11) is 0. The Morgan fingerprint density at radius 3 is 2.52 bits per heavy atom. The number of hydrogen-bond donors (Lipinski definition) is 2. The van der Waals surface area contributed by atoms with E-state index in [0.717, 1.165) is 42.9 Å². The molecule has 0 bridgehead atoms. The summed E-state index contributed by atoms with van der Waals surface area (Å²) in [6.07, 6.45) is 2.89. The minimum absolute atomic E-state index is 0. The van der Waals surface area contributed by atoms with Crippen LogP contribution >= 0.6 is 12.4 Å². The molecule has 1 amide bonds. The maximum atomic E-state index is 12.5. The van der Waals surface area contributed by atoms with Gasteiger partial charge in [0.05, 0.1) is 0 Å². The minimum Gasteiger partial charge on any atom is -0.489 e. The number of anilines is 1. The Labute approximate surface area is 168 Å². The monoisotopic (exact) mass is 388 g/mol. The molecule has 4 nitrogen and oxygen atoms in total. The molecule has 1 saturated heterocycles. The van der Waals surface area contributed by atoms with Gasteiger partial charge in [-0.05, 0) is 56.0 Å². The van der Waals surface area contributed by atoms with E-state index in [1.165, 1.54) is 0 Å². The van der Waals surface area contributed by atoms with Gasteiger partial charge in [-0.15, -0.1) is 12.4 Å². The molecule has 0 saturated carbocycles. The predicted molar refractivity (Wildman–Crippen MR) is 112 cm³/mol. The lowest BCUT2D eigenvalue weighted by Crippen LogP contribution is -2.32. The van der Waals surface area contributed by atoms with E-state index >= 15 is 0 Å². The van der Waals surface area contributed by atoms with Crippen LogP contribution in [-0.4, -0.2) is 19.0 Å².